The zero-order chi connectivity index (χ0) is 13.1. The quantitative estimate of drug-likeness (QED) is 0.484. The van der Waals surface area contributed by atoms with Crippen molar-refractivity contribution in [2.45, 2.75) is 0 Å². The fourth-order valence-corrected chi connectivity index (χ4v) is 1.59. The fourth-order valence-electron chi connectivity index (χ4n) is 1.59. The Hall–Kier alpha value is -2.44. The Morgan fingerprint density at radius 1 is 1.39 bits per heavy atom. The molecule has 0 bridgehead atoms. The summed E-state index contributed by atoms with van der Waals surface area (Å²) in [6.07, 6.45) is 0. The minimum atomic E-state index is 0.339. The van der Waals surface area contributed by atoms with Crippen molar-refractivity contribution in [2.24, 2.45) is 12.2 Å². The monoisotopic (exact) mass is 246 g/mol. The topological polar surface area (TPSA) is 79.4 Å². The SMILES string of the molecule is CN(C)c1cccc(/C(=N/O)c2nnnn2C)c1. The lowest BCUT2D eigenvalue weighted by atomic mass is 10.1. The van der Waals surface area contributed by atoms with Gasteiger partial charge in [0.15, 0.2) is 5.71 Å². The molecule has 0 spiro atoms. The van der Waals surface area contributed by atoms with Gasteiger partial charge >= 0.3 is 0 Å². The summed E-state index contributed by atoms with van der Waals surface area (Å²) in [5.41, 5.74) is 2.09. The van der Waals surface area contributed by atoms with E-state index in [2.05, 4.69) is 20.7 Å². The number of aromatic nitrogens is 4. The molecule has 0 aliphatic carbocycles. The highest BCUT2D eigenvalue weighted by molar-refractivity contribution is 6.10. The van der Waals surface area contributed by atoms with Gasteiger partial charge in [-0.25, -0.2) is 4.68 Å². The third-order valence-electron chi connectivity index (χ3n) is 2.57. The van der Waals surface area contributed by atoms with Gasteiger partial charge in [0.05, 0.1) is 0 Å². The molecule has 0 radical (unpaired) electrons. The summed E-state index contributed by atoms with van der Waals surface area (Å²) in [5, 5.41) is 23.6. The van der Waals surface area contributed by atoms with Crippen LogP contribution in [-0.4, -0.2) is 45.2 Å². The summed E-state index contributed by atoms with van der Waals surface area (Å²) >= 11 is 0. The van der Waals surface area contributed by atoms with Crippen LogP contribution in [0.1, 0.15) is 11.4 Å². The van der Waals surface area contributed by atoms with Crippen LogP contribution >= 0.6 is 0 Å². The van der Waals surface area contributed by atoms with Crippen molar-refractivity contribution >= 4 is 11.4 Å². The number of benzene rings is 1. The van der Waals surface area contributed by atoms with Crippen LogP contribution in [0.5, 0.6) is 0 Å². The van der Waals surface area contributed by atoms with Crippen LogP contribution in [0.15, 0.2) is 29.4 Å². The van der Waals surface area contributed by atoms with E-state index in [1.807, 2.05) is 43.3 Å². The molecule has 2 rings (SSSR count). The van der Waals surface area contributed by atoms with Gasteiger partial charge < -0.3 is 10.1 Å². The molecule has 0 aliphatic heterocycles. The minimum absolute atomic E-state index is 0.339. The van der Waals surface area contributed by atoms with Crippen molar-refractivity contribution in [1.29, 1.82) is 0 Å². The Balaban J connectivity index is 2.47. The third kappa shape index (κ3) is 2.15. The maximum atomic E-state index is 9.17. The number of oxime groups is 1. The first-order chi connectivity index (χ1) is 8.63. The summed E-state index contributed by atoms with van der Waals surface area (Å²) in [4.78, 5) is 1.97. The lowest BCUT2D eigenvalue weighted by Crippen LogP contribution is -2.13. The molecule has 0 amide bonds. The maximum absolute atomic E-state index is 9.17. The second kappa shape index (κ2) is 4.82. The second-order valence-electron chi connectivity index (χ2n) is 4.02. The van der Waals surface area contributed by atoms with Gasteiger partial charge in [0.25, 0.3) is 0 Å². The number of anilines is 1. The Bertz CT molecular complexity index is 574. The van der Waals surface area contributed by atoms with E-state index in [1.54, 1.807) is 7.05 Å². The smallest absolute Gasteiger partial charge is 0.204 e. The van der Waals surface area contributed by atoms with Crippen molar-refractivity contribution in [3.8, 4) is 0 Å². The summed E-state index contributed by atoms with van der Waals surface area (Å²) < 4.78 is 1.46. The van der Waals surface area contributed by atoms with Gasteiger partial charge in [-0.1, -0.05) is 17.3 Å². The first-order valence-electron chi connectivity index (χ1n) is 5.36. The number of rotatable bonds is 3. The average Bonchev–Trinajstić information content (AvgIpc) is 2.77. The van der Waals surface area contributed by atoms with Crippen molar-refractivity contribution in [1.82, 2.24) is 20.2 Å². The van der Waals surface area contributed by atoms with Gasteiger partial charge in [-0.2, -0.15) is 0 Å². The first-order valence-corrected chi connectivity index (χ1v) is 5.36. The molecule has 0 fully saturated rings. The summed E-state index contributed by atoms with van der Waals surface area (Å²) in [6.45, 7) is 0. The molecule has 94 valence electrons. The number of tetrazole rings is 1. The van der Waals surface area contributed by atoms with Crippen molar-refractivity contribution in [3.05, 3.63) is 35.7 Å². The molecule has 1 aromatic carbocycles. The standard InChI is InChI=1S/C11H14N6O/c1-16(2)9-6-4-5-8(7-9)10(13-18)11-12-14-15-17(11)3/h4-7,18H,1-3H3/b13-10-. The zero-order valence-electron chi connectivity index (χ0n) is 10.4. The molecule has 7 nitrogen and oxygen atoms in total. The van der Waals surface area contributed by atoms with Crippen LogP contribution in [0.4, 0.5) is 5.69 Å². The van der Waals surface area contributed by atoms with Crippen molar-refractivity contribution in [2.75, 3.05) is 19.0 Å². The Labute approximate surface area is 104 Å². The Morgan fingerprint density at radius 2 is 2.17 bits per heavy atom. The summed E-state index contributed by atoms with van der Waals surface area (Å²) in [6, 6.07) is 7.60. The van der Waals surface area contributed by atoms with E-state index in [4.69, 9.17) is 0 Å². The molecule has 0 atom stereocenters. The Morgan fingerprint density at radius 3 is 2.72 bits per heavy atom. The van der Waals surface area contributed by atoms with E-state index in [-0.39, 0.29) is 0 Å². The van der Waals surface area contributed by atoms with Crippen LogP contribution < -0.4 is 4.90 Å². The molecule has 1 N–H and O–H groups in total. The van der Waals surface area contributed by atoms with Crippen LogP contribution in [0, 0.1) is 0 Å². The number of hydrogen-bond acceptors (Lipinski definition) is 6. The molecule has 18 heavy (non-hydrogen) atoms. The predicted octanol–water partition coefficient (Wildman–Crippen LogP) is 0.503. The highest BCUT2D eigenvalue weighted by Gasteiger charge is 2.15. The van der Waals surface area contributed by atoms with Crippen LogP contribution in [0.3, 0.4) is 0 Å². The predicted molar refractivity (Wildman–Crippen MR) is 67.0 cm³/mol. The summed E-state index contributed by atoms with van der Waals surface area (Å²) in [5.74, 6) is 0.411. The van der Waals surface area contributed by atoms with Crippen LogP contribution in [0.2, 0.25) is 0 Å². The molecule has 0 saturated carbocycles. The lowest BCUT2D eigenvalue weighted by Gasteiger charge is -2.13. The van der Waals surface area contributed by atoms with Crippen molar-refractivity contribution < 1.29 is 5.21 Å². The average molecular weight is 246 g/mol. The second-order valence-corrected chi connectivity index (χ2v) is 4.02. The van der Waals surface area contributed by atoms with Gasteiger partial charge in [-0.05, 0) is 22.6 Å². The van der Waals surface area contributed by atoms with E-state index in [1.165, 1.54) is 4.68 Å². The first kappa shape index (κ1) is 12.0. The third-order valence-corrected chi connectivity index (χ3v) is 2.57. The van der Waals surface area contributed by atoms with Crippen molar-refractivity contribution in [3.63, 3.8) is 0 Å². The molecular weight excluding hydrogens is 232 g/mol. The zero-order valence-corrected chi connectivity index (χ0v) is 10.4. The van der Waals surface area contributed by atoms with E-state index >= 15 is 0 Å². The van der Waals surface area contributed by atoms with Gasteiger partial charge in [0.1, 0.15) is 0 Å². The van der Waals surface area contributed by atoms with E-state index in [0.29, 0.717) is 11.5 Å². The van der Waals surface area contributed by atoms with E-state index in [9.17, 15) is 5.21 Å². The lowest BCUT2D eigenvalue weighted by molar-refractivity contribution is 0.319. The number of aryl methyl sites for hydroxylation is 1. The molecule has 1 aromatic heterocycles. The van der Waals surface area contributed by atoms with Crippen LogP contribution in [0.25, 0.3) is 0 Å². The number of hydrogen-bond donors (Lipinski definition) is 1. The van der Waals surface area contributed by atoms with Crippen LogP contribution in [-0.2, 0) is 7.05 Å². The molecule has 2 aromatic rings. The molecule has 0 unspecified atom stereocenters. The van der Waals surface area contributed by atoms with Gasteiger partial charge in [-0.15, -0.1) is 5.10 Å². The highest BCUT2D eigenvalue weighted by atomic mass is 16.4. The van der Waals surface area contributed by atoms with E-state index in [0.717, 1.165) is 11.3 Å². The number of nitrogens with zero attached hydrogens (tertiary/aromatic N) is 6. The molecule has 1 heterocycles. The summed E-state index contributed by atoms with van der Waals surface area (Å²) in [7, 11) is 5.58. The highest BCUT2D eigenvalue weighted by Crippen LogP contribution is 2.16. The normalized spacial score (nSPS) is 11.6. The van der Waals surface area contributed by atoms with Gasteiger partial charge in [0.2, 0.25) is 5.82 Å². The molecule has 7 heteroatoms. The van der Waals surface area contributed by atoms with Gasteiger partial charge in [-0.3, -0.25) is 0 Å². The molecule has 0 saturated heterocycles. The van der Waals surface area contributed by atoms with E-state index < -0.39 is 0 Å². The Kier molecular flexibility index (Phi) is 3.22. The maximum Gasteiger partial charge on any atom is 0.204 e. The largest absolute Gasteiger partial charge is 0.410 e. The molecule has 0 aliphatic rings. The fraction of sp³-hybridized carbons (Fsp3) is 0.273. The molecular formula is C11H14N6O. The van der Waals surface area contributed by atoms with Gasteiger partial charge in [0, 0.05) is 32.4 Å². The minimum Gasteiger partial charge on any atom is -0.410 e.